The standard InChI is InChI=1S/C25H27NO/c1-17(25-13-18-9-19(14-25)11-20(10-18)15-25)22-7-8-24(27-16-26)23(12-22)21-5-3-2-4-6-21/h2-8,12,17-20H,9-11,13-15H2,1H3. The van der Waals surface area contributed by atoms with Gasteiger partial charge < -0.3 is 4.74 Å². The third-order valence-corrected chi connectivity index (χ3v) is 7.75. The topological polar surface area (TPSA) is 33.0 Å². The SMILES string of the molecule is CC(c1ccc(OC#N)c(-c2ccccc2)c1)C12CC3CC(CC(C3)C1)C2. The van der Waals surface area contributed by atoms with Crippen LogP contribution < -0.4 is 4.74 Å². The summed E-state index contributed by atoms with van der Waals surface area (Å²) >= 11 is 0. The molecule has 4 fully saturated rings. The highest BCUT2D eigenvalue weighted by molar-refractivity contribution is 5.71. The van der Waals surface area contributed by atoms with Gasteiger partial charge in [0, 0.05) is 5.56 Å². The van der Waals surface area contributed by atoms with Gasteiger partial charge in [-0.2, -0.15) is 0 Å². The first-order valence-electron chi connectivity index (χ1n) is 10.4. The first-order chi connectivity index (χ1) is 13.2. The third kappa shape index (κ3) is 2.85. The monoisotopic (exact) mass is 357 g/mol. The fourth-order valence-corrected chi connectivity index (χ4v) is 6.86. The van der Waals surface area contributed by atoms with Crippen molar-refractivity contribution in [2.75, 3.05) is 0 Å². The highest BCUT2D eigenvalue weighted by Gasteiger charge is 2.53. The second-order valence-electron chi connectivity index (χ2n) is 9.32. The molecule has 4 bridgehead atoms. The summed E-state index contributed by atoms with van der Waals surface area (Å²) in [5, 5.41) is 9.05. The molecule has 0 N–H and O–H groups in total. The zero-order chi connectivity index (χ0) is 18.4. The predicted octanol–water partition coefficient (Wildman–Crippen LogP) is 6.53. The third-order valence-electron chi connectivity index (χ3n) is 7.75. The molecule has 138 valence electrons. The molecule has 0 spiro atoms. The van der Waals surface area contributed by atoms with E-state index in [-0.39, 0.29) is 0 Å². The van der Waals surface area contributed by atoms with Gasteiger partial charge in [0.1, 0.15) is 5.75 Å². The summed E-state index contributed by atoms with van der Waals surface area (Å²) < 4.78 is 5.28. The average Bonchev–Trinajstić information content (AvgIpc) is 2.68. The molecule has 1 unspecified atom stereocenters. The van der Waals surface area contributed by atoms with E-state index in [9.17, 15) is 0 Å². The van der Waals surface area contributed by atoms with E-state index in [1.807, 2.05) is 30.5 Å². The largest absolute Gasteiger partial charge is 0.387 e. The van der Waals surface area contributed by atoms with Crippen molar-refractivity contribution < 1.29 is 4.74 Å². The summed E-state index contributed by atoms with van der Waals surface area (Å²) in [4.78, 5) is 0. The fourth-order valence-electron chi connectivity index (χ4n) is 6.86. The Labute approximate surface area is 162 Å². The van der Waals surface area contributed by atoms with Crippen molar-refractivity contribution in [1.29, 1.82) is 5.26 Å². The molecule has 2 nitrogen and oxygen atoms in total. The molecule has 4 aliphatic carbocycles. The van der Waals surface area contributed by atoms with Crippen LogP contribution in [-0.2, 0) is 0 Å². The zero-order valence-corrected chi connectivity index (χ0v) is 16.0. The van der Waals surface area contributed by atoms with Gasteiger partial charge in [-0.05, 0) is 90.9 Å². The molecule has 0 saturated heterocycles. The Bertz CT molecular complexity index is 844. The van der Waals surface area contributed by atoms with Gasteiger partial charge in [-0.3, -0.25) is 0 Å². The van der Waals surface area contributed by atoms with Crippen LogP contribution in [0.2, 0.25) is 0 Å². The van der Waals surface area contributed by atoms with E-state index in [4.69, 9.17) is 10.00 Å². The summed E-state index contributed by atoms with van der Waals surface area (Å²) in [7, 11) is 0. The smallest absolute Gasteiger partial charge is 0.292 e. The van der Waals surface area contributed by atoms with Gasteiger partial charge in [-0.1, -0.05) is 43.3 Å². The van der Waals surface area contributed by atoms with E-state index in [1.54, 1.807) is 0 Å². The quantitative estimate of drug-likeness (QED) is 0.583. The van der Waals surface area contributed by atoms with E-state index in [0.29, 0.717) is 17.1 Å². The van der Waals surface area contributed by atoms with Crippen LogP contribution in [0.4, 0.5) is 0 Å². The van der Waals surface area contributed by atoms with E-state index in [2.05, 4.69) is 31.2 Å². The highest BCUT2D eigenvalue weighted by atomic mass is 16.5. The minimum atomic E-state index is 0.486. The maximum absolute atomic E-state index is 9.05. The molecule has 2 heteroatoms. The number of hydrogen-bond acceptors (Lipinski definition) is 2. The molecule has 0 heterocycles. The van der Waals surface area contributed by atoms with Crippen LogP contribution in [0, 0.1) is 34.7 Å². The molecule has 2 aromatic rings. The van der Waals surface area contributed by atoms with Crippen molar-refractivity contribution in [3.63, 3.8) is 0 Å². The Balaban J connectivity index is 1.53. The van der Waals surface area contributed by atoms with Crippen molar-refractivity contribution >= 4 is 0 Å². The molecular formula is C25H27NO. The molecule has 27 heavy (non-hydrogen) atoms. The predicted molar refractivity (Wildman–Crippen MR) is 107 cm³/mol. The van der Waals surface area contributed by atoms with Gasteiger partial charge in [0.05, 0.1) is 0 Å². The number of nitriles is 1. The van der Waals surface area contributed by atoms with Crippen LogP contribution >= 0.6 is 0 Å². The first-order valence-corrected chi connectivity index (χ1v) is 10.4. The van der Waals surface area contributed by atoms with Crippen molar-refractivity contribution in [2.45, 2.75) is 51.4 Å². The molecule has 1 atom stereocenters. The number of hydrogen-bond donors (Lipinski definition) is 0. The Hall–Kier alpha value is -2.27. The van der Waals surface area contributed by atoms with Crippen LogP contribution in [-0.4, -0.2) is 0 Å². The second kappa shape index (κ2) is 6.41. The number of nitrogens with zero attached hydrogens (tertiary/aromatic N) is 1. The Morgan fingerprint density at radius 3 is 2.19 bits per heavy atom. The van der Waals surface area contributed by atoms with Gasteiger partial charge in [-0.25, -0.2) is 0 Å². The molecule has 0 aromatic heterocycles. The summed E-state index contributed by atoms with van der Waals surface area (Å²) in [6.45, 7) is 2.45. The van der Waals surface area contributed by atoms with E-state index in [0.717, 1.165) is 28.9 Å². The lowest BCUT2D eigenvalue weighted by Crippen LogP contribution is -2.48. The van der Waals surface area contributed by atoms with Crippen LogP contribution in [0.1, 0.15) is 56.9 Å². The Kier molecular flexibility index (Phi) is 4.01. The number of rotatable bonds is 4. The van der Waals surface area contributed by atoms with Crippen molar-refractivity contribution in [2.24, 2.45) is 23.2 Å². The highest BCUT2D eigenvalue weighted by Crippen LogP contribution is 2.64. The van der Waals surface area contributed by atoms with Crippen LogP contribution in [0.5, 0.6) is 5.75 Å². The number of ether oxygens (including phenoxy) is 1. The molecular weight excluding hydrogens is 330 g/mol. The number of benzene rings is 2. The minimum Gasteiger partial charge on any atom is -0.387 e. The zero-order valence-electron chi connectivity index (χ0n) is 16.0. The lowest BCUT2D eigenvalue weighted by molar-refractivity contribution is -0.0656. The van der Waals surface area contributed by atoms with Gasteiger partial charge >= 0.3 is 0 Å². The Morgan fingerprint density at radius 2 is 1.59 bits per heavy atom. The van der Waals surface area contributed by atoms with Crippen molar-refractivity contribution in [3.8, 4) is 23.1 Å². The fraction of sp³-hybridized carbons (Fsp3) is 0.480. The van der Waals surface area contributed by atoms with Crippen molar-refractivity contribution in [1.82, 2.24) is 0 Å². The maximum Gasteiger partial charge on any atom is 0.292 e. The average molecular weight is 357 g/mol. The molecule has 2 aromatic carbocycles. The molecule has 4 aliphatic rings. The summed E-state index contributed by atoms with van der Waals surface area (Å²) in [6, 6.07) is 16.8. The van der Waals surface area contributed by atoms with Gasteiger partial charge in [0.2, 0.25) is 0 Å². The molecule has 0 radical (unpaired) electrons. The van der Waals surface area contributed by atoms with Gasteiger partial charge in [0.15, 0.2) is 0 Å². The minimum absolute atomic E-state index is 0.486. The van der Waals surface area contributed by atoms with Crippen LogP contribution in [0.15, 0.2) is 48.5 Å². The molecule has 6 rings (SSSR count). The maximum atomic E-state index is 9.05. The van der Waals surface area contributed by atoms with E-state index >= 15 is 0 Å². The first kappa shape index (κ1) is 16.9. The summed E-state index contributed by atoms with van der Waals surface area (Å²) in [5.41, 5.74) is 4.04. The van der Waals surface area contributed by atoms with E-state index in [1.165, 1.54) is 44.1 Å². The molecule has 0 amide bonds. The Morgan fingerprint density at radius 1 is 0.963 bits per heavy atom. The lowest BCUT2D eigenvalue weighted by atomic mass is 9.46. The van der Waals surface area contributed by atoms with Crippen molar-refractivity contribution in [3.05, 3.63) is 54.1 Å². The van der Waals surface area contributed by atoms with Gasteiger partial charge in [-0.15, -0.1) is 5.26 Å². The summed E-state index contributed by atoms with van der Waals surface area (Å²) in [5.74, 6) is 4.12. The van der Waals surface area contributed by atoms with Crippen LogP contribution in [0.25, 0.3) is 11.1 Å². The van der Waals surface area contributed by atoms with Crippen LogP contribution in [0.3, 0.4) is 0 Å². The normalized spacial score (nSPS) is 32.1. The van der Waals surface area contributed by atoms with Gasteiger partial charge in [0.25, 0.3) is 6.26 Å². The summed E-state index contributed by atoms with van der Waals surface area (Å²) in [6.07, 6.45) is 10.5. The van der Waals surface area contributed by atoms with E-state index < -0.39 is 0 Å². The molecule has 4 saturated carbocycles. The molecule has 0 aliphatic heterocycles. The lowest BCUT2D eigenvalue weighted by Gasteiger charge is -2.59. The second-order valence-corrected chi connectivity index (χ2v) is 9.32.